The molecule has 3 N–H and O–H groups in total. The van der Waals surface area contributed by atoms with Crippen LogP contribution in [0.15, 0.2) is 18.2 Å². The Morgan fingerprint density at radius 1 is 1.29 bits per heavy atom. The maximum Gasteiger partial charge on any atom is 0.0465 e. The Balaban J connectivity index is 2.13. The van der Waals surface area contributed by atoms with Crippen molar-refractivity contribution in [3.63, 3.8) is 0 Å². The molecule has 1 aliphatic carbocycles. The van der Waals surface area contributed by atoms with Crippen molar-refractivity contribution in [3.05, 3.63) is 34.9 Å². The van der Waals surface area contributed by atoms with Crippen molar-refractivity contribution in [2.75, 3.05) is 0 Å². The molecule has 1 aromatic rings. The Hall–Kier alpha value is -0.860. The normalized spacial score (nSPS) is 18.5. The molecule has 0 amide bonds. The van der Waals surface area contributed by atoms with E-state index in [1.54, 1.807) is 0 Å². The van der Waals surface area contributed by atoms with Crippen molar-refractivity contribution < 1.29 is 0 Å². The maximum absolute atomic E-state index is 5.75. The molecular weight excluding hydrogens is 208 g/mol. The smallest absolute Gasteiger partial charge is 0.0465 e. The second kappa shape index (κ2) is 5.65. The average molecular weight is 232 g/mol. The van der Waals surface area contributed by atoms with Gasteiger partial charge in [-0.05, 0) is 37.3 Å². The number of hydrogen-bond acceptors (Lipinski definition) is 2. The van der Waals surface area contributed by atoms with Crippen LogP contribution in [-0.2, 0) is 0 Å². The average Bonchev–Trinajstić information content (AvgIpc) is 2.82. The highest BCUT2D eigenvalue weighted by molar-refractivity contribution is 5.33. The molecule has 0 radical (unpaired) electrons. The van der Waals surface area contributed by atoms with Crippen molar-refractivity contribution in [2.24, 2.45) is 11.8 Å². The molecule has 1 saturated carbocycles. The molecule has 0 saturated heterocycles. The van der Waals surface area contributed by atoms with Crippen LogP contribution in [0.2, 0.25) is 0 Å². The van der Waals surface area contributed by atoms with E-state index in [1.807, 2.05) is 0 Å². The van der Waals surface area contributed by atoms with Crippen LogP contribution in [0.3, 0.4) is 0 Å². The number of hydrogen-bond donors (Lipinski definition) is 2. The molecule has 0 aromatic heterocycles. The summed E-state index contributed by atoms with van der Waals surface area (Å²) < 4.78 is 0. The zero-order chi connectivity index (χ0) is 12.3. The third-order valence-corrected chi connectivity index (χ3v) is 4.06. The molecule has 2 heteroatoms. The van der Waals surface area contributed by atoms with Gasteiger partial charge in [0.15, 0.2) is 0 Å². The van der Waals surface area contributed by atoms with Gasteiger partial charge < -0.3 is 0 Å². The minimum atomic E-state index is 0.318. The minimum absolute atomic E-state index is 0.318. The lowest BCUT2D eigenvalue weighted by molar-refractivity contribution is 0.399. The van der Waals surface area contributed by atoms with E-state index in [2.05, 4.69) is 37.5 Å². The molecule has 1 atom stereocenters. The zero-order valence-corrected chi connectivity index (χ0v) is 11.0. The molecule has 17 heavy (non-hydrogen) atoms. The van der Waals surface area contributed by atoms with Gasteiger partial charge in [-0.2, -0.15) is 0 Å². The fraction of sp³-hybridized carbons (Fsp3) is 0.600. The summed E-state index contributed by atoms with van der Waals surface area (Å²) >= 11 is 0. The van der Waals surface area contributed by atoms with Crippen molar-refractivity contribution in [2.45, 2.75) is 52.0 Å². The van der Waals surface area contributed by atoms with Crippen molar-refractivity contribution in [3.8, 4) is 0 Å². The largest absolute Gasteiger partial charge is 0.271 e. The Kier molecular flexibility index (Phi) is 4.19. The first-order chi connectivity index (χ1) is 8.20. The van der Waals surface area contributed by atoms with E-state index in [0.29, 0.717) is 6.04 Å². The molecule has 0 spiro atoms. The van der Waals surface area contributed by atoms with Gasteiger partial charge in [0.05, 0.1) is 0 Å². The highest BCUT2D eigenvalue weighted by Crippen LogP contribution is 2.33. The highest BCUT2D eigenvalue weighted by Gasteiger charge is 2.21. The van der Waals surface area contributed by atoms with Gasteiger partial charge in [-0.25, -0.2) is 0 Å². The number of rotatable bonds is 4. The van der Waals surface area contributed by atoms with Gasteiger partial charge in [-0.15, -0.1) is 0 Å². The summed E-state index contributed by atoms with van der Waals surface area (Å²) in [4.78, 5) is 0. The van der Waals surface area contributed by atoms with Crippen LogP contribution < -0.4 is 11.3 Å². The van der Waals surface area contributed by atoms with Crippen LogP contribution in [-0.4, -0.2) is 0 Å². The fourth-order valence-electron chi connectivity index (χ4n) is 3.00. The Morgan fingerprint density at radius 3 is 2.65 bits per heavy atom. The van der Waals surface area contributed by atoms with Gasteiger partial charge in [-0.1, -0.05) is 49.4 Å². The van der Waals surface area contributed by atoms with Gasteiger partial charge in [-0.3, -0.25) is 11.3 Å². The Bertz CT molecular complexity index is 367. The van der Waals surface area contributed by atoms with Crippen molar-refractivity contribution in [1.82, 2.24) is 5.43 Å². The molecule has 1 unspecified atom stereocenters. The van der Waals surface area contributed by atoms with Crippen molar-refractivity contribution >= 4 is 0 Å². The van der Waals surface area contributed by atoms with E-state index < -0.39 is 0 Å². The predicted octanol–water partition coefficient (Wildman–Crippen LogP) is 3.39. The molecule has 0 bridgehead atoms. The van der Waals surface area contributed by atoms with Crippen LogP contribution in [0.25, 0.3) is 0 Å². The van der Waals surface area contributed by atoms with Gasteiger partial charge >= 0.3 is 0 Å². The van der Waals surface area contributed by atoms with Gasteiger partial charge in [0, 0.05) is 6.04 Å². The molecule has 2 rings (SSSR count). The summed E-state index contributed by atoms with van der Waals surface area (Å²) in [6, 6.07) is 6.96. The van der Waals surface area contributed by atoms with E-state index in [9.17, 15) is 0 Å². The van der Waals surface area contributed by atoms with Crippen LogP contribution in [0.1, 0.15) is 54.8 Å². The summed E-state index contributed by atoms with van der Waals surface area (Å²) in [5.41, 5.74) is 7.05. The van der Waals surface area contributed by atoms with Gasteiger partial charge in [0.2, 0.25) is 0 Å². The Labute approximate surface area is 105 Å². The summed E-state index contributed by atoms with van der Waals surface area (Å²) in [6.45, 7) is 4.32. The second-order valence-corrected chi connectivity index (χ2v) is 5.47. The third kappa shape index (κ3) is 3.08. The summed E-state index contributed by atoms with van der Waals surface area (Å²) in [5.74, 6) is 6.61. The SMILES string of the molecule is Cc1ccc(C)c(C(CC2CCCC2)NN)c1. The number of benzene rings is 1. The molecular formula is C15H24N2. The highest BCUT2D eigenvalue weighted by atomic mass is 15.2. The predicted molar refractivity (Wildman–Crippen MR) is 72.6 cm³/mol. The van der Waals surface area contributed by atoms with Crippen LogP contribution in [0.4, 0.5) is 0 Å². The molecule has 94 valence electrons. The number of hydrazine groups is 1. The molecule has 0 aliphatic heterocycles. The summed E-state index contributed by atoms with van der Waals surface area (Å²) in [7, 11) is 0. The van der Waals surface area contributed by atoms with Crippen molar-refractivity contribution in [1.29, 1.82) is 0 Å². The lowest BCUT2D eigenvalue weighted by Crippen LogP contribution is -2.30. The van der Waals surface area contributed by atoms with E-state index in [0.717, 1.165) is 5.92 Å². The fourth-order valence-corrected chi connectivity index (χ4v) is 3.00. The summed E-state index contributed by atoms with van der Waals surface area (Å²) in [6.07, 6.45) is 6.73. The molecule has 2 nitrogen and oxygen atoms in total. The molecule has 1 aliphatic rings. The van der Waals surface area contributed by atoms with E-state index in [4.69, 9.17) is 5.84 Å². The maximum atomic E-state index is 5.75. The van der Waals surface area contributed by atoms with Crippen LogP contribution in [0, 0.1) is 19.8 Å². The Morgan fingerprint density at radius 2 is 2.00 bits per heavy atom. The number of nitrogens with two attached hydrogens (primary N) is 1. The quantitative estimate of drug-likeness (QED) is 0.617. The van der Waals surface area contributed by atoms with E-state index >= 15 is 0 Å². The molecule has 1 aromatic carbocycles. The first-order valence-electron chi connectivity index (χ1n) is 6.74. The third-order valence-electron chi connectivity index (χ3n) is 4.06. The topological polar surface area (TPSA) is 38.0 Å². The monoisotopic (exact) mass is 232 g/mol. The van der Waals surface area contributed by atoms with Gasteiger partial charge in [0.1, 0.15) is 0 Å². The van der Waals surface area contributed by atoms with Gasteiger partial charge in [0.25, 0.3) is 0 Å². The van der Waals surface area contributed by atoms with Crippen LogP contribution in [0.5, 0.6) is 0 Å². The molecule has 1 fully saturated rings. The number of aryl methyl sites for hydroxylation is 2. The van der Waals surface area contributed by atoms with E-state index in [-0.39, 0.29) is 0 Å². The lowest BCUT2D eigenvalue weighted by Gasteiger charge is -2.22. The first kappa shape index (κ1) is 12.6. The standard InChI is InChI=1S/C15H24N2/c1-11-7-8-12(2)14(9-11)15(17-16)10-13-5-3-4-6-13/h7-9,13,15,17H,3-6,10,16H2,1-2H3. The van der Waals surface area contributed by atoms with Crippen LogP contribution >= 0.6 is 0 Å². The minimum Gasteiger partial charge on any atom is -0.271 e. The lowest BCUT2D eigenvalue weighted by atomic mass is 9.91. The first-order valence-corrected chi connectivity index (χ1v) is 6.74. The summed E-state index contributed by atoms with van der Waals surface area (Å²) in [5, 5.41) is 0. The zero-order valence-electron chi connectivity index (χ0n) is 11.0. The number of nitrogens with one attached hydrogen (secondary N) is 1. The molecule has 0 heterocycles. The second-order valence-electron chi connectivity index (χ2n) is 5.47. The van der Waals surface area contributed by atoms with E-state index in [1.165, 1.54) is 48.8 Å².